The van der Waals surface area contributed by atoms with Crippen molar-refractivity contribution in [3.05, 3.63) is 23.8 Å². The zero-order valence-electron chi connectivity index (χ0n) is 17.4. The SMILES string of the molecule is CCCCOc1ccc(C(=O)N2CCCCC2CNC(=O)CCN)cc1OC.Cl. The Morgan fingerprint density at radius 3 is 2.76 bits per heavy atom. The maximum absolute atomic E-state index is 13.1. The largest absolute Gasteiger partial charge is 0.493 e. The number of rotatable bonds is 10. The normalized spacial score (nSPS) is 16.0. The van der Waals surface area contributed by atoms with Crippen LogP contribution in [-0.2, 0) is 4.79 Å². The predicted molar refractivity (Wildman–Crippen MR) is 116 cm³/mol. The van der Waals surface area contributed by atoms with Gasteiger partial charge >= 0.3 is 0 Å². The van der Waals surface area contributed by atoms with Crippen LogP contribution in [0, 0.1) is 0 Å². The molecule has 0 saturated carbocycles. The van der Waals surface area contributed by atoms with Crippen LogP contribution >= 0.6 is 12.4 Å². The molecule has 2 amide bonds. The molecule has 0 aliphatic carbocycles. The van der Waals surface area contributed by atoms with E-state index in [4.69, 9.17) is 15.2 Å². The van der Waals surface area contributed by atoms with Crippen molar-refractivity contribution < 1.29 is 19.1 Å². The highest BCUT2D eigenvalue weighted by Crippen LogP contribution is 2.30. The van der Waals surface area contributed by atoms with Gasteiger partial charge in [0.05, 0.1) is 13.7 Å². The lowest BCUT2D eigenvalue weighted by Crippen LogP contribution is -2.49. The van der Waals surface area contributed by atoms with Crippen LogP contribution in [-0.4, -0.2) is 56.1 Å². The quantitative estimate of drug-likeness (QED) is 0.560. The number of hydrogen-bond acceptors (Lipinski definition) is 5. The molecule has 1 aliphatic rings. The number of nitrogens with zero attached hydrogens (tertiary/aromatic N) is 1. The average molecular weight is 428 g/mol. The number of halogens is 1. The third-order valence-corrected chi connectivity index (χ3v) is 4.96. The smallest absolute Gasteiger partial charge is 0.254 e. The topological polar surface area (TPSA) is 93.9 Å². The number of methoxy groups -OCH3 is 1. The van der Waals surface area contributed by atoms with Gasteiger partial charge in [0, 0.05) is 37.7 Å². The Labute approximate surface area is 179 Å². The van der Waals surface area contributed by atoms with Gasteiger partial charge in [-0.3, -0.25) is 9.59 Å². The van der Waals surface area contributed by atoms with E-state index in [1.807, 2.05) is 4.90 Å². The second kappa shape index (κ2) is 13.3. The second-order valence-corrected chi connectivity index (χ2v) is 7.06. The first-order valence-corrected chi connectivity index (χ1v) is 10.2. The summed E-state index contributed by atoms with van der Waals surface area (Å²) in [6.45, 7) is 4.20. The van der Waals surface area contributed by atoms with E-state index in [0.29, 0.717) is 49.7 Å². The molecule has 1 fully saturated rings. The fourth-order valence-electron chi connectivity index (χ4n) is 3.34. The summed E-state index contributed by atoms with van der Waals surface area (Å²) in [6, 6.07) is 5.31. The van der Waals surface area contributed by atoms with Crippen LogP contribution in [0.25, 0.3) is 0 Å². The van der Waals surface area contributed by atoms with Crippen LogP contribution in [0.1, 0.15) is 55.8 Å². The molecule has 0 aromatic heterocycles. The van der Waals surface area contributed by atoms with Gasteiger partial charge < -0.3 is 25.4 Å². The number of amides is 2. The van der Waals surface area contributed by atoms with Crippen LogP contribution < -0.4 is 20.5 Å². The molecular formula is C21H34ClN3O4. The lowest BCUT2D eigenvalue weighted by molar-refractivity contribution is -0.121. The molecule has 0 bridgehead atoms. The number of benzene rings is 1. The van der Waals surface area contributed by atoms with E-state index in [0.717, 1.165) is 32.1 Å². The molecule has 29 heavy (non-hydrogen) atoms. The van der Waals surface area contributed by atoms with Crippen molar-refractivity contribution in [1.82, 2.24) is 10.2 Å². The lowest BCUT2D eigenvalue weighted by Gasteiger charge is -2.36. The van der Waals surface area contributed by atoms with E-state index < -0.39 is 0 Å². The molecule has 1 unspecified atom stereocenters. The maximum Gasteiger partial charge on any atom is 0.254 e. The molecule has 164 valence electrons. The van der Waals surface area contributed by atoms with Gasteiger partial charge in [0.1, 0.15) is 0 Å². The summed E-state index contributed by atoms with van der Waals surface area (Å²) in [7, 11) is 1.58. The zero-order chi connectivity index (χ0) is 20.4. The van der Waals surface area contributed by atoms with Gasteiger partial charge in [-0.1, -0.05) is 13.3 Å². The summed E-state index contributed by atoms with van der Waals surface area (Å²) < 4.78 is 11.2. The van der Waals surface area contributed by atoms with Crippen molar-refractivity contribution in [2.75, 3.05) is 33.4 Å². The van der Waals surface area contributed by atoms with E-state index >= 15 is 0 Å². The van der Waals surface area contributed by atoms with Gasteiger partial charge in [-0.15, -0.1) is 12.4 Å². The second-order valence-electron chi connectivity index (χ2n) is 7.06. The van der Waals surface area contributed by atoms with E-state index in [2.05, 4.69) is 12.2 Å². The number of unbranched alkanes of at least 4 members (excludes halogenated alkanes) is 1. The maximum atomic E-state index is 13.1. The minimum absolute atomic E-state index is 0. The summed E-state index contributed by atoms with van der Waals surface area (Å²) in [6.07, 6.45) is 5.22. The number of carbonyl (C=O) groups excluding carboxylic acids is 2. The molecule has 1 saturated heterocycles. The molecule has 1 aromatic carbocycles. The van der Waals surface area contributed by atoms with Crippen LogP contribution in [0.15, 0.2) is 18.2 Å². The molecular weight excluding hydrogens is 394 g/mol. The van der Waals surface area contributed by atoms with Crippen molar-refractivity contribution in [2.45, 2.75) is 51.5 Å². The van der Waals surface area contributed by atoms with Crippen molar-refractivity contribution in [3.8, 4) is 11.5 Å². The summed E-state index contributed by atoms with van der Waals surface area (Å²) in [4.78, 5) is 26.7. The fraction of sp³-hybridized carbons (Fsp3) is 0.619. The molecule has 8 heteroatoms. The molecule has 2 rings (SSSR count). The molecule has 1 aliphatic heterocycles. The highest BCUT2D eigenvalue weighted by atomic mass is 35.5. The molecule has 3 N–H and O–H groups in total. The van der Waals surface area contributed by atoms with Crippen molar-refractivity contribution in [2.24, 2.45) is 5.73 Å². The summed E-state index contributed by atoms with van der Waals surface area (Å²) in [5, 5.41) is 2.89. The molecule has 1 atom stereocenters. The van der Waals surface area contributed by atoms with Crippen LogP contribution in [0.5, 0.6) is 11.5 Å². The standard InChI is InChI=1S/C21H33N3O4.ClH/c1-3-4-13-28-18-9-8-16(14-19(18)27-2)21(26)24-12-6-5-7-17(24)15-23-20(25)10-11-22;/h8-9,14,17H,3-7,10-13,15,22H2,1-2H3,(H,23,25);1H. The van der Waals surface area contributed by atoms with Crippen LogP contribution in [0.3, 0.4) is 0 Å². The Hall–Kier alpha value is -1.99. The molecule has 7 nitrogen and oxygen atoms in total. The number of nitrogens with two attached hydrogens (primary N) is 1. The van der Waals surface area contributed by atoms with E-state index in [1.165, 1.54) is 0 Å². The first kappa shape index (κ1) is 25.0. The fourth-order valence-corrected chi connectivity index (χ4v) is 3.34. The third kappa shape index (κ3) is 7.40. The summed E-state index contributed by atoms with van der Waals surface area (Å²) >= 11 is 0. The van der Waals surface area contributed by atoms with Gasteiger partial charge in [-0.2, -0.15) is 0 Å². The number of nitrogens with one attached hydrogen (secondary N) is 1. The molecule has 1 aromatic rings. The summed E-state index contributed by atoms with van der Waals surface area (Å²) in [5.74, 6) is 1.09. The van der Waals surface area contributed by atoms with Crippen LogP contribution in [0.4, 0.5) is 0 Å². The highest BCUT2D eigenvalue weighted by Gasteiger charge is 2.28. The average Bonchev–Trinajstić information content (AvgIpc) is 2.72. The van der Waals surface area contributed by atoms with Gasteiger partial charge in [-0.25, -0.2) is 0 Å². The Balaban J connectivity index is 0.00000420. The van der Waals surface area contributed by atoms with Gasteiger partial charge in [0.15, 0.2) is 11.5 Å². The molecule has 0 radical (unpaired) electrons. The number of ether oxygens (including phenoxy) is 2. The highest BCUT2D eigenvalue weighted by molar-refractivity contribution is 5.95. The lowest BCUT2D eigenvalue weighted by atomic mass is 10.0. The van der Waals surface area contributed by atoms with Crippen molar-refractivity contribution in [3.63, 3.8) is 0 Å². The summed E-state index contributed by atoms with van der Waals surface area (Å²) in [5.41, 5.74) is 5.99. The minimum atomic E-state index is -0.0734. The van der Waals surface area contributed by atoms with E-state index in [1.54, 1.807) is 25.3 Å². The molecule has 0 spiro atoms. The minimum Gasteiger partial charge on any atom is -0.493 e. The van der Waals surface area contributed by atoms with E-state index in [-0.39, 0.29) is 30.3 Å². The first-order valence-electron chi connectivity index (χ1n) is 10.2. The van der Waals surface area contributed by atoms with Crippen molar-refractivity contribution >= 4 is 24.2 Å². The number of piperidine rings is 1. The number of hydrogen-bond donors (Lipinski definition) is 2. The van der Waals surface area contributed by atoms with Crippen LogP contribution in [0.2, 0.25) is 0 Å². The number of likely N-dealkylation sites (tertiary alicyclic amines) is 1. The van der Waals surface area contributed by atoms with E-state index in [9.17, 15) is 9.59 Å². The Morgan fingerprint density at radius 1 is 1.28 bits per heavy atom. The van der Waals surface area contributed by atoms with Crippen molar-refractivity contribution in [1.29, 1.82) is 0 Å². The Bertz CT molecular complexity index is 657. The van der Waals surface area contributed by atoms with Gasteiger partial charge in [0.25, 0.3) is 5.91 Å². The third-order valence-electron chi connectivity index (χ3n) is 4.96. The molecule has 1 heterocycles. The Kier molecular flexibility index (Phi) is 11.5. The monoisotopic (exact) mass is 427 g/mol. The van der Waals surface area contributed by atoms with Gasteiger partial charge in [-0.05, 0) is 43.9 Å². The zero-order valence-corrected chi connectivity index (χ0v) is 18.3. The Morgan fingerprint density at radius 2 is 2.07 bits per heavy atom. The van der Waals surface area contributed by atoms with Gasteiger partial charge in [0.2, 0.25) is 5.91 Å². The first-order chi connectivity index (χ1) is 13.6. The number of carbonyl (C=O) groups is 2. The predicted octanol–water partition coefficient (Wildman–Crippen LogP) is 2.76.